The average molecular weight is 449 g/mol. The molecule has 0 unspecified atom stereocenters. The summed E-state index contributed by atoms with van der Waals surface area (Å²) in [5.74, 6) is 0. The highest BCUT2D eigenvalue weighted by Gasteiger charge is 2.26. The molecule has 0 aliphatic carbocycles. The Balaban J connectivity index is 1.61. The number of aromatic nitrogens is 1. The monoisotopic (exact) mass is 448 g/mol. The van der Waals surface area contributed by atoms with E-state index >= 15 is 0 Å². The zero-order valence-corrected chi connectivity index (χ0v) is 20.0. The van der Waals surface area contributed by atoms with Crippen LogP contribution in [-0.4, -0.2) is 45.6 Å². The molecule has 0 spiro atoms. The van der Waals surface area contributed by atoms with E-state index in [1.54, 1.807) is 0 Å². The summed E-state index contributed by atoms with van der Waals surface area (Å²) in [6, 6.07) is 16.8. The van der Waals surface area contributed by atoms with Crippen LogP contribution in [0, 0.1) is 13.8 Å². The number of benzene rings is 2. The second kappa shape index (κ2) is 9.84. The molecule has 1 fully saturated rings. The van der Waals surface area contributed by atoms with Crippen LogP contribution in [0.4, 0.5) is 5.69 Å². The van der Waals surface area contributed by atoms with E-state index in [4.69, 9.17) is 12.2 Å². The summed E-state index contributed by atoms with van der Waals surface area (Å²) in [5.41, 5.74) is 4.84. The highest BCUT2D eigenvalue weighted by Crippen LogP contribution is 2.20. The van der Waals surface area contributed by atoms with Gasteiger partial charge in [0.05, 0.1) is 6.54 Å². The number of aryl methyl sites for hydroxylation is 2. The first kappa shape index (κ1) is 22.5. The van der Waals surface area contributed by atoms with Gasteiger partial charge in [0.2, 0.25) is 0 Å². The van der Waals surface area contributed by atoms with Crippen molar-refractivity contribution >= 4 is 33.9 Å². The predicted octanol–water partition coefficient (Wildman–Crippen LogP) is 4.83. The Kier molecular flexibility index (Phi) is 6.92. The Morgan fingerprint density at radius 3 is 2.78 bits per heavy atom. The Morgan fingerprint density at radius 2 is 2.00 bits per heavy atom. The Hall–Kier alpha value is -2.70. The summed E-state index contributed by atoms with van der Waals surface area (Å²) in [5, 5.41) is 5.10. The molecule has 3 aromatic rings. The first-order valence-corrected chi connectivity index (χ1v) is 11.8. The number of anilines is 1. The summed E-state index contributed by atoms with van der Waals surface area (Å²) >= 11 is 5.85. The van der Waals surface area contributed by atoms with Crippen LogP contribution in [0.3, 0.4) is 0 Å². The van der Waals surface area contributed by atoms with Crippen molar-refractivity contribution in [3.63, 3.8) is 0 Å². The third kappa shape index (κ3) is 5.19. The summed E-state index contributed by atoms with van der Waals surface area (Å²) in [6.45, 7) is 9.75. The molecule has 0 radical (unpaired) electrons. The highest BCUT2D eigenvalue weighted by atomic mass is 32.1. The van der Waals surface area contributed by atoms with Crippen molar-refractivity contribution in [1.29, 1.82) is 0 Å². The van der Waals surface area contributed by atoms with Gasteiger partial charge in [0.1, 0.15) is 0 Å². The fourth-order valence-corrected chi connectivity index (χ4v) is 4.86. The number of hydrogen-bond donors (Lipinski definition) is 2. The first-order chi connectivity index (χ1) is 15.4. The molecule has 0 amide bonds. The van der Waals surface area contributed by atoms with Crippen molar-refractivity contribution in [2.24, 2.45) is 0 Å². The van der Waals surface area contributed by atoms with Gasteiger partial charge in [-0.3, -0.25) is 9.69 Å². The highest BCUT2D eigenvalue weighted by molar-refractivity contribution is 7.80. The van der Waals surface area contributed by atoms with Crippen LogP contribution in [0.2, 0.25) is 0 Å². The lowest BCUT2D eigenvalue weighted by Gasteiger charge is -2.32. The molecule has 1 aliphatic heterocycles. The van der Waals surface area contributed by atoms with Crippen molar-refractivity contribution in [2.45, 2.75) is 46.2 Å². The standard InChI is InChI=1S/C26H32N4OS/c1-4-29-12-6-9-23(29)17-30(26(32)27-22-8-5-7-18(2)13-22)16-21-15-20-11-10-19(3)14-24(20)28-25(21)31/h5,7-8,10-11,13-15,23H,4,6,9,12,16-17H2,1-3H3,(H,27,32)(H,28,31)/t23-/m1/s1. The number of fused-ring (bicyclic) bond motifs is 1. The molecular weight excluding hydrogens is 416 g/mol. The largest absolute Gasteiger partial charge is 0.343 e. The number of nitrogens with one attached hydrogen (secondary N) is 2. The van der Waals surface area contributed by atoms with Crippen molar-refractivity contribution in [1.82, 2.24) is 14.8 Å². The van der Waals surface area contributed by atoms with Crippen LogP contribution in [-0.2, 0) is 6.54 Å². The summed E-state index contributed by atoms with van der Waals surface area (Å²) in [6.07, 6.45) is 2.37. The summed E-state index contributed by atoms with van der Waals surface area (Å²) in [4.78, 5) is 20.6. The summed E-state index contributed by atoms with van der Waals surface area (Å²) < 4.78 is 0. The molecule has 1 saturated heterocycles. The maximum absolute atomic E-state index is 12.9. The second-order valence-electron chi connectivity index (χ2n) is 8.82. The lowest BCUT2D eigenvalue weighted by Crippen LogP contribution is -2.44. The SMILES string of the molecule is CCN1CCC[C@@H]1CN(Cc1cc2ccc(C)cc2[nH]c1=O)C(=S)Nc1cccc(C)c1. The van der Waals surface area contributed by atoms with E-state index in [0.717, 1.165) is 53.8 Å². The van der Waals surface area contributed by atoms with Crippen LogP contribution in [0.5, 0.6) is 0 Å². The zero-order valence-electron chi connectivity index (χ0n) is 19.1. The van der Waals surface area contributed by atoms with Gasteiger partial charge >= 0.3 is 0 Å². The molecule has 4 rings (SSSR count). The van der Waals surface area contributed by atoms with Gasteiger partial charge in [-0.05, 0) is 92.8 Å². The van der Waals surface area contributed by atoms with E-state index in [2.05, 4.69) is 58.2 Å². The lowest BCUT2D eigenvalue weighted by atomic mass is 10.1. The molecule has 168 valence electrons. The van der Waals surface area contributed by atoms with Crippen molar-refractivity contribution in [2.75, 3.05) is 25.0 Å². The van der Waals surface area contributed by atoms with E-state index in [1.165, 1.54) is 12.0 Å². The molecule has 1 atom stereocenters. The Labute approximate surface area is 195 Å². The Morgan fingerprint density at radius 1 is 1.19 bits per heavy atom. The molecular formula is C26H32N4OS. The van der Waals surface area contributed by atoms with Gasteiger partial charge in [-0.2, -0.15) is 0 Å². The average Bonchev–Trinajstić information content (AvgIpc) is 3.21. The molecule has 0 saturated carbocycles. The lowest BCUT2D eigenvalue weighted by molar-refractivity contribution is 0.221. The maximum atomic E-state index is 12.9. The van der Waals surface area contributed by atoms with Gasteiger partial charge in [0, 0.05) is 29.4 Å². The fraction of sp³-hybridized carbons (Fsp3) is 0.385. The van der Waals surface area contributed by atoms with E-state index in [-0.39, 0.29) is 5.56 Å². The van der Waals surface area contributed by atoms with Gasteiger partial charge in [-0.1, -0.05) is 31.2 Å². The number of nitrogens with zero attached hydrogens (tertiary/aromatic N) is 2. The normalized spacial score (nSPS) is 16.4. The minimum absolute atomic E-state index is 0.0507. The molecule has 5 nitrogen and oxygen atoms in total. The summed E-state index contributed by atoms with van der Waals surface area (Å²) in [7, 11) is 0. The molecule has 6 heteroatoms. The minimum Gasteiger partial charge on any atom is -0.343 e. The molecule has 0 bridgehead atoms. The smallest absolute Gasteiger partial charge is 0.253 e. The van der Waals surface area contributed by atoms with E-state index < -0.39 is 0 Å². The molecule has 2 N–H and O–H groups in total. The van der Waals surface area contributed by atoms with Crippen LogP contribution in [0.1, 0.15) is 36.5 Å². The first-order valence-electron chi connectivity index (χ1n) is 11.4. The van der Waals surface area contributed by atoms with Gasteiger partial charge in [0.25, 0.3) is 5.56 Å². The van der Waals surface area contributed by atoms with E-state index in [0.29, 0.717) is 17.7 Å². The third-order valence-electron chi connectivity index (χ3n) is 6.33. The second-order valence-corrected chi connectivity index (χ2v) is 9.21. The van der Waals surface area contributed by atoms with Gasteiger partial charge in [-0.15, -0.1) is 0 Å². The molecule has 32 heavy (non-hydrogen) atoms. The Bertz CT molecular complexity index is 1170. The quantitative estimate of drug-likeness (QED) is 0.529. The minimum atomic E-state index is -0.0507. The third-order valence-corrected chi connectivity index (χ3v) is 6.69. The number of pyridine rings is 1. The zero-order chi connectivity index (χ0) is 22.7. The van der Waals surface area contributed by atoms with Crippen LogP contribution >= 0.6 is 12.2 Å². The number of H-pyrrole nitrogens is 1. The van der Waals surface area contributed by atoms with Crippen molar-refractivity contribution in [3.8, 4) is 0 Å². The van der Waals surface area contributed by atoms with Gasteiger partial charge in [0.15, 0.2) is 5.11 Å². The number of likely N-dealkylation sites (N-methyl/N-ethyl adjacent to an activating group) is 1. The van der Waals surface area contributed by atoms with E-state index in [1.807, 2.05) is 31.2 Å². The van der Waals surface area contributed by atoms with Crippen molar-refractivity contribution in [3.05, 3.63) is 75.6 Å². The van der Waals surface area contributed by atoms with Crippen LogP contribution in [0.15, 0.2) is 53.3 Å². The number of likely N-dealkylation sites (tertiary alicyclic amines) is 1. The molecule has 2 heterocycles. The number of hydrogen-bond acceptors (Lipinski definition) is 3. The van der Waals surface area contributed by atoms with E-state index in [9.17, 15) is 4.79 Å². The van der Waals surface area contributed by atoms with Gasteiger partial charge < -0.3 is 15.2 Å². The van der Waals surface area contributed by atoms with Gasteiger partial charge in [-0.25, -0.2) is 0 Å². The molecule has 1 aromatic heterocycles. The van der Waals surface area contributed by atoms with Crippen LogP contribution < -0.4 is 10.9 Å². The fourth-order valence-electron chi connectivity index (χ4n) is 4.60. The number of aromatic amines is 1. The molecule has 1 aliphatic rings. The van der Waals surface area contributed by atoms with Crippen LogP contribution in [0.25, 0.3) is 10.9 Å². The molecule has 2 aromatic carbocycles. The topological polar surface area (TPSA) is 51.4 Å². The predicted molar refractivity (Wildman–Crippen MR) is 137 cm³/mol. The van der Waals surface area contributed by atoms with Crippen molar-refractivity contribution < 1.29 is 0 Å². The maximum Gasteiger partial charge on any atom is 0.253 e. The number of thiocarbonyl (C=S) groups is 1. The number of rotatable bonds is 6.